The molecular weight excluding hydrogens is 326 g/mol. The molecule has 132 valence electrons. The van der Waals surface area contributed by atoms with Gasteiger partial charge in [-0.05, 0) is 30.7 Å². The van der Waals surface area contributed by atoms with Crippen molar-refractivity contribution in [2.75, 3.05) is 26.2 Å². The maximum atomic E-state index is 11.8. The van der Waals surface area contributed by atoms with Crippen molar-refractivity contribution >= 4 is 29.1 Å². The van der Waals surface area contributed by atoms with Gasteiger partial charge in [0.2, 0.25) is 11.8 Å². The molecule has 0 spiro atoms. The number of nitrogens with zero attached hydrogens (tertiary/aromatic N) is 1. The van der Waals surface area contributed by atoms with Crippen LogP contribution in [0, 0.1) is 0 Å². The quantitative estimate of drug-likeness (QED) is 0.701. The van der Waals surface area contributed by atoms with Gasteiger partial charge in [0.15, 0.2) is 0 Å². The molecular formula is C17H25N3O3S. The van der Waals surface area contributed by atoms with E-state index in [-0.39, 0.29) is 24.1 Å². The highest BCUT2D eigenvalue weighted by Crippen LogP contribution is 2.11. The van der Waals surface area contributed by atoms with Gasteiger partial charge < -0.3 is 15.5 Å². The third-order valence-corrected chi connectivity index (χ3v) is 4.85. The summed E-state index contributed by atoms with van der Waals surface area (Å²) >= 11 is 1.38. The maximum Gasteiger partial charge on any atom is 0.261 e. The molecule has 0 radical (unpaired) electrons. The van der Waals surface area contributed by atoms with Gasteiger partial charge in [0, 0.05) is 39.0 Å². The van der Waals surface area contributed by atoms with E-state index in [9.17, 15) is 14.4 Å². The van der Waals surface area contributed by atoms with Gasteiger partial charge in [-0.1, -0.05) is 12.5 Å². The van der Waals surface area contributed by atoms with Crippen LogP contribution in [0.5, 0.6) is 0 Å². The predicted octanol–water partition coefficient (Wildman–Crippen LogP) is 1.78. The van der Waals surface area contributed by atoms with E-state index >= 15 is 0 Å². The van der Waals surface area contributed by atoms with Crippen LogP contribution in [0.1, 0.15) is 48.2 Å². The van der Waals surface area contributed by atoms with Crippen molar-refractivity contribution in [3.8, 4) is 0 Å². The van der Waals surface area contributed by atoms with Crippen LogP contribution in [0.2, 0.25) is 0 Å². The Bertz CT molecular complexity index is 545. The molecule has 1 fully saturated rings. The monoisotopic (exact) mass is 351 g/mol. The Kier molecular flexibility index (Phi) is 7.74. The van der Waals surface area contributed by atoms with E-state index < -0.39 is 0 Å². The van der Waals surface area contributed by atoms with Crippen LogP contribution in [-0.2, 0) is 9.59 Å². The summed E-state index contributed by atoms with van der Waals surface area (Å²) in [6.45, 7) is 2.42. The summed E-state index contributed by atoms with van der Waals surface area (Å²) < 4.78 is 0. The standard InChI is InChI=1S/C17H25N3O3S/c21-15(8-10-19-17(23)14-6-4-13-24-14)18-9-5-12-20-11-3-1-2-7-16(20)22/h4,6,13H,1-3,5,7-12H2,(H,18,21)(H,19,23). The minimum Gasteiger partial charge on any atom is -0.356 e. The fourth-order valence-corrected chi connectivity index (χ4v) is 3.29. The number of hydrogen-bond donors (Lipinski definition) is 2. The van der Waals surface area contributed by atoms with E-state index in [4.69, 9.17) is 0 Å². The summed E-state index contributed by atoms with van der Waals surface area (Å²) in [6, 6.07) is 3.57. The Morgan fingerprint density at radius 1 is 1.17 bits per heavy atom. The number of carbonyl (C=O) groups is 3. The Morgan fingerprint density at radius 2 is 2.04 bits per heavy atom. The zero-order chi connectivity index (χ0) is 17.2. The first-order valence-corrected chi connectivity index (χ1v) is 9.41. The smallest absolute Gasteiger partial charge is 0.261 e. The molecule has 6 nitrogen and oxygen atoms in total. The van der Waals surface area contributed by atoms with Crippen LogP contribution in [-0.4, -0.2) is 48.8 Å². The topological polar surface area (TPSA) is 78.5 Å². The van der Waals surface area contributed by atoms with E-state index in [2.05, 4.69) is 10.6 Å². The first-order valence-electron chi connectivity index (χ1n) is 8.53. The molecule has 0 aliphatic carbocycles. The van der Waals surface area contributed by atoms with Crippen molar-refractivity contribution in [3.63, 3.8) is 0 Å². The van der Waals surface area contributed by atoms with Crippen molar-refractivity contribution in [2.24, 2.45) is 0 Å². The summed E-state index contributed by atoms with van der Waals surface area (Å²) in [6.07, 6.45) is 4.86. The molecule has 2 heterocycles. The number of nitrogens with one attached hydrogen (secondary N) is 2. The lowest BCUT2D eigenvalue weighted by molar-refractivity contribution is -0.130. The highest BCUT2D eigenvalue weighted by Gasteiger charge is 2.15. The van der Waals surface area contributed by atoms with E-state index in [1.165, 1.54) is 11.3 Å². The number of thiophene rings is 1. The molecule has 2 N–H and O–H groups in total. The second kappa shape index (κ2) is 10.1. The average molecular weight is 351 g/mol. The van der Waals surface area contributed by atoms with Crippen molar-refractivity contribution in [3.05, 3.63) is 22.4 Å². The molecule has 1 saturated heterocycles. The number of likely N-dealkylation sites (tertiary alicyclic amines) is 1. The number of amides is 3. The SMILES string of the molecule is O=C(CCNC(=O)c1cccs1)NCCCN1CCCCCC1=O. The molecule has 1 aliphatic heterocycles. The van der Waals surface area contributed by atoms with Crippen molar-refractivity contribution in [1.82, 2.24) is 15.5 Å². The summed E-state index contributed by atoms with van der Waals surface area (Å²) in [4.78, 5) is 37.9. The van der Waals surface area contributed by atoms with Gasteiger partial charge in [0.25, 0.3) is 5.91 Å². The second-order valence-corrected chi connectivity index (χ2v) is 6.83. The molecule has 1 aromatic heterocycles. The molecule has 24 heavy (non-hydrogen) atoms. The summed E-state index contributed by atoms with van der Waals surface area (Å²) in [5.41, 5.74) is 0. The third kappa shape index (κ3) is 6.31. The molecule has 0 unspecified atom stereocenters. The molecule has 1 aromatic rings. The van der Waals surface area contributed by atoms with Crippen LogP contribution < -0.4 is 10.6 Å². The second-order valence-electron chi connectivity index (χ2n) is 5.88. The van der Waals surface area contributed by atoms with E-state index in [0.717, 1.165) is 32.2 Å². The van der Waals surface area contributed by atoms with Crippen LogP contribution in [0.15, 0.2) is 17.5 Å². The van der Waals surface area contributed by atoms with E-state index in [1.54, 1.807) is 6.07 Å². The molecule has 3 amide bonds. The number of rotatable bonds is 8. The average Bonchev–Trinajstić information content (AvgIpc) is 3.03. The van der Waals surface area contributed by atoms with Gasteiger partial charge in [-0.2, -0.15) is 0 Å². The van der Waals surface area contributed by atoms with Crippen LogP contribution in [0.25, 0.3) is 0 Å². The first-order chi connectivity index (χ1) is 11.7. The molecule has 0 atom stereocenters. The zero-order valence-corrected chi connectivity index (χ0v) is 14.7. The third-order valence-electron chi connectivity index (χ3n) is 3.98. The van der Waals surface area contributed by atoms with Crippen LogP contribution in [0.3, 0.4) is 0 Å². The highest BCUT2D eigenvalue weighted by molar-refractivity contribution is 7.12. The molecule has 1 aliphatic rings. The molecule has 0 aromatic carbocycles. The van der Waals surface area contributed by atoms with Gasteiger partial charge in [-0.3, -0.25) is 14.4 Å². The van der Waals surface area contributed by atoms with Gasteiger partial charge in [0.1, 0.15) is 0 Å². The van der Waals surface area contributed by atoms with Gasteiger partial charge >= 0.3 is 0 Å². The Hall–Kier alpha value is -1.89. The van der Waals surface area contributed by atoms with Crippen molar-refractivity contribution in [1.29, 1.82) is 0 Å². The Morgan fingerprint density at radius 3 is 2.83 bits per heavy atom. The lowest BCUT2D eigenvalue weighted by Gasteiger charge is -2.20. The zero-order valence-electron chi connectivity index (χ0n) is 13.9. The maximum absolute atomic E-state index is 11.8. The fourth-order valence-electron chi connectivity index (χ4n) is 2.65. The lowest BCUT2D eigenvalue weighted by Crippen LogP contribution is -2.35. The fraction of sp³-hybridized carbons (Fsp3) is 0.588. The van der Waals surface area contributed by atoms with E-state index in [1.807, 2.05) is 16.3 Å². The normalized spacial score (nSPS) is 15.0. The molecule has 7 heteroatoms. The van der Waals surface area contributed by atoms with Gasteiger partial charge in [-0.15, -0.1) is 11.3 Å². The molecule has 0 bridgehead atoms. The van der Waals surface area contributed by atoms with Crippen molar-refractivity contribution < 1.29 is 14.4 Å². The number of hydrogen-bond acceptors (Lipinski definition) is 4. The minimum atomic E-state index is -0.141. The first kappa shape index (κ1) is 18.4. The van der Waals surface area contributed by atoms with Crippen molar-refractivity contribution in [2.45, 2.75) is 38.5 Å². The van der Waals surface area contributed by atoms with E-state index in [0.29, 0.717) is 30.9 Å². The highest BCUT2D eigenvalue weighted by atomic mass is 32.1. The molecule has 2 rings (SSSR count). The van der Waals surface area contributed by atoms with Gasteiger partial charge in [0.05, 0.1) is 4.88 Å². The predicted molar refractivity (Wildman–Crippen MR) is 93.9 cm³/mol. The molecule has 0 saturated carbocycles. The lowest BCUT2D eigenvalue weighted by atomic mass is 10.2. The summed E-state index contributed by atoms with van der Waals surface area (Å²) in [7, 11) is 0. The van der Waals surface area contributed by atoms with Crippen LogP contribution >= 0.6 is 11.3 Å². The number of carbonyl (C=O) groups excluding carboxylic acids is 3. The largest absolute Gasteiger partial charge is 0.356 e. The van der Waals surface area contributed by atoms with Crippen LogP contribution in [0.4, 0.5) is 0 Å². The summed E-state index contributed by atoms with van der Waals surface area (Å²) in [5, 5.41) is 7.41. The van der Waals surface area contributed by atoms with Gasteiger partial charge in [-0.25, -0.2) is 0 Å². The Labute approximate surface area is 146 Å². The Balaban J connectivity index is 1.53. The minimum absolute atomic E-state index is 0.0799. The summed E-state index contributed by atoms with van der Waals surface area (Å²) in [5.74, 6) is 0.0104.